The third-order valence-corrected chi connectivity index (χ3v) is 2.83. The Hall–Kier alpha value is -3.62. The van der Waals surface area contributed by atoms with Crippen molar-refractivity contribution >= 4 is 24.1 Å². The molecule has 9 heteroatoms. The number of benzene rings is 1. The second-order valence-electron chi connectivity index (χ2n) is 4.54. The van der Waals surface area contributed by atoms with Crippen LogP contribution < -0.4 is 14.9 Å². The Morgan fingerprint density at radius 2 is 2.08 bits per heavy atom. The van der Waals surface area contributed by atoms with Gasteiger partial charge < -0.3 is 13.9 Å². The van der Waals surface area contributed by atoms with Gasteiger partial charge in [0, 0.05) is 6.21 Å². The monoisotopic (exact) mass is 345 g/mol. The molecule has 1 amide bonds. The molecule has 9 nitrogen and oxygen atoms in total. The predicted molar refractivity (Wildman–Crippen MR) is 89.5 cm³/mol. The topological polar surface area (TPSA) is 116 Å². The number of carbonyl (C=O) groups is 1. The lowest BCUT2D eigenvalue weighted by atomic mass is 10.3. The number of ether oxygens (including phenoxy) is 2. The molecule has 1 aromatic carbocycles. The van der Waals surface area contributed by atoms with E-state index in [1.165, 1.54) is 37.6 Å². The number of nitro groups is 1. The Morgan fingerprint density at radius 3 is 2.76 bits per heavy atom. The SMILES string of the molecule is COc1ccccc1OCC(=O)N/N=C/C=C/c1ccc([N+](=O)[O-])o1. The van der Waals surface area contributed by atoms with E-state index in [-0.39, 0.29) is 12.5 Å². The molecular formula is C16H15N3O6. The number of nitrogens with one attached hydrogen (secondary N) is 1. The molecule has 0 aliphatic rings. The van der Waals surface area contributed by atoms with Crippen LogP contribution in [0.4, 0.5) is 5.88 Å². The predicted octanol–water partition coefficient (Wildman–Crippen LogP) is 2.39. The number of hydrogen-bond donors (Lipinski definition) is 1. The van der Waals surface area contributed by atoms with E-state index >= 15 is 0 Å². The molecule has 1 aromatic heterocycles. The molecule has 2 rings (SSSR count). The zero-order chi connectivity index (χ0) is 18.1. The molecule has 0 aliphatic heterocycles. The largest absolute Gasteiger partial charge is 0.493 e. The molecule has 0 spiro atoms. The van der Waals surface area contributed by atoms with Crippen molar-refractivity contribution in [3.05, 3.63) is 58.3 Å². The number of methoxy groups -OCH3 is 1. The van der Waals surface area contributed by atoms with Gasteiger partial charge in [0.1, 0.15) is 10.7 Å². The molecule has 2 aromatic rings. The maximum atomic E-state index is 11.6. The normalized spacial score (nSPS) is 10.9. The van der Waals surface area contributed by atoms with Gasteiger partial charge in [-0.25, -0.2) is 5.43 Å². The molecule has 0 radical (unpaired) electrons. The lowest BCUT2D eigenvalue weighted by molar-refractivity contribution is -0.402. The Labute approximate surface area is 142 Å². The van der Waals surface area contributed by atoms with Gasteiger partial charge in [0.15, 0.2) is 18.1 Å². The van der Waals surface area contributed by atoms with Crippen LogP contribution in [0.5, 0.6) is 11.5 Å². The molecule has 0 saturated carbocycles. The molecule has 1 N–H and O–H groups in total. The standard InChI is InChI=1S/C16H15N3O6/c1-23-13-6-2-3-7-14(13)24-11-15(20)18-17-10-4-5-12-8-9-16(25-12)19(21)22/h2-10H,11H2,1H3,(H,18,20)/b5-4+,17-10+. The molecule has 0 atom stereocenters. The molecular weight excluding hydrogens is 330 g/mol. The fourth-order valence-corrected chi connectivity index (χ4v) is 1.73. The molecule has 130 valence electrons. The lowest BCUT2D eigenvalue weighted by Gasteiger charge is -2.08. The average Bonchev–Trinajstić information content (AvgIpc) is 3.09. The number of furan rings is 1. The fraction of sp³-hybridized carbons (Fsp3) is 0.125. The van der Waals surface area contributed by atoms with E-state index in [9.17, 15) is 14.9 Å². The van der Waals surface area contributed by atoms with E-state index in [0.717, 1.165) is 0 Å². The van der Waals surface area contributed by atoms with E-state index in [1.807, 2.05) is 0 Å². The summed E-state index contributed by atoms with van der Waals surface area (Å²) in [7, 11) is 1.51. The Morgan fingerprint density at radius 1 is 1.32 bits per heavy atom. The summed E-state index contributed by atoms with van der Waals surface area (Å²) in [6.07, 6.45) is 4.23. The van der Waals surface area contributed by atoms with Crippen molar-refractivity contribution < 1.29 is 23.6 Å². The molecule has 0 aliphatic carbocycles. The lowest BCUT2D eigenvalue weighted by Crippen LogP contribution is -2.24. The fourth-order valence-electron chi connectivity index (χ4n) is 1.73. The first-order valence-electron chi connectivity index (χ1n) is 7.09. The van der Waals surface area contributed by atoms with Crippen molar-refractivity contribution in [3.63, 3.8) is 0 Å². The highest BCUT2D eigenvalue weighted by Crippen LogP contribution is 2.25. The van der Waals surface area contributed by atoms with E-state index in [4.69, 9.17) is 13.9 Å². The maximum Gasteiger partial charge on any atom is 0.433 e. The van der Waals surface area contributed by atoms with Crippen LogP contribution in [0.2, 0.25) is 0 Å². The first kappa shape index (κ1) is 17.7. The molecule has 0 bridgehead atoms. The average molecular weight is 345 g/mol. The number of hydrogen-bond acceptors (Lipinski definition) is 7. The van der Waals surface area contributed by atoms with Crippen LogP contribution in [0.3, 0.4) is 0 Å². The van der Waals surface area contributed by atoms with Gasteiger partial charge in [0.2, 0.25) is 0 Å². The van der Waals surface area contributed by atoms with Crippen LogP contribution in [0, 0.1) is 10.1 Å². The van der Waals surface area contributed by atoms with Gasteiger partial charge in [0.05, 0.1) is 13.2 Å². The van der Waals surface area contributed by atoms with Crippen molar-refractivity contribution in [1.82, 2.24) is 5.43 Å². The number of nitrogens with zero attached hydrogens (tertiary/aromatic N) is 2. The van der Waals surface area contributed by atoms with Gasteiger partial charge in [-0.05, 0) is 30.4 Å². The van der Waals surface area contributed by atoms with Gasteiger partial charge >= 0.3 is 5.88 Å². The van der Waals surface area contributed by atoms with Gasteiger partial charge in [-0.15, -0.1) is 0 Å². The summed E-state index contributed by atoms with van der Waals surface area (Å²) < 4.78 is 15.4. The Balaban J connectivity index is 1.76. The zero-order valence-corrected chi connectivity index (χ0v) is 13.2. The minimum absolute atomic E-state index is 0.230. The van der Waals surface area contributed by atoms with Gasteiger partial charge in [-0.2, -0.15) is 5.10 Å². The van der Waals surface area contributed by atoms with Crippen LogP contribution in [0.15, 0.2) is 52.0 Å². The molecule has 1 heterocycles. The third kappa shape index (κ3) is 5.50. The molecule has 0 saturated heterocycles. The number of allylic oxidation sites excluding steroid dienone is 1. The maximum absolute atomic E-state index is 11.6. The number of rotatable bonds is 8. The second-order valence-corrected chi connectivity index (χ2v) is 4.54. The number of carbonyl (C=O) groups excluding carboxylic acids is 1. The summed E-state index contributed by atoms with van der Waals surface area (Å²) in [5, 5.41) is 14.1. The summed E-state index contributed by atoms with van der Waals surface area (Å²) in [4.78, 5) is 21.5. The van der Waals surface area contributed by atoms with Crippen LogP contribution in [0.25, 0.3) is 6.08 Å². The highest BCUT2D eigenvalue weighted by atomic mass is 16.6. The van der Waals surface area contributed by atoms with Crippen LogP contribution in [-0.4, -0.2) is 30.8 Å². The first-order chi connectivity index (χ1) is 12.1. The summed E-state index contributed by atoms with van der Waals surface area (Å²) in [5.74, 6) is 0.462. The van der Waals surface area contributed by atoms with Crippen LogP contribution in [0.1, 0.15) is 5.76 Å². The molecule has 0 unspecified atom stereocenters. The van der Waals surface area contributed by atoms with Crippen LogP contribution in [-0.2, 0) is 4.79 Å². The Bertz CT molecular complexity index is 797. The van der Waals surface area contributed by atoms with E-state index in [1.54, 1.807) is 24.3 Å². The summed E-state index contributed by atoms with van der Waals surface area (Å²) in [6.45, 7) is -0.230. The van der Waals surface area contributed by atoms with E-state index in [2.05, 4.69) is 10.5 Å². The second kappa shape index (κ2) is 8.87. The number of para-hydroxylation sites is 2. The zero-order valence-electron chi connectivity index (χ0n) is 13.2. The van der Waals surface area contributed by atoms with Crippen molar-refractivity contribution in [2.24, 2.45) is 5.10 Å². The number of amides is 1. The van der Waals surface area contributed by atoms with Crippen molar-refractivity contribution in [2.75, 3.05) is 13.7 Å². The van der Waals surface area contributed by atoms with Gasteiger partial charge in [0.25, 0.3) is 5.91 Å². The number of hydrazone groups is 1. The molecule has 25 heavy (non-hydrogen) atoms. The summed E-state index contributed by atoms with van der Waals surface area (Å²) in [6, 6.07) is 9.64. The minimum Gasteiger partial charge on any atom is -0.493 e. The van der Waals surface area contributed by atoms with Crippen molar-refractivity contribution in [3.8, 4) is 11.5 Å². The van der Waals surface area contributed by atoms with E-state index in [0.29, 0.717) is 17.3 Å². The van der Waals surface area contributed by atoms with Crippen LogP contribution >= 0.6 is 0 Å². The van der Waals surface area contributed by atoms with Gasteiger partial charge in [-0.3, -0.25) is 14.9 Å². The highest BCUT2D eigenvalue weighted by molar-refractivity contribution is 5.81. The smallest absolute Gasteiger partial charge is 0.433 e. The minimum atomic E-state index is -0.632. The highest BCUT2D eigenvalue weighted by Gasteiger charge is 2.09. The quantitative estimate of drug-likeness (QED) is 0.446. The first-order valence-corrected chi connectivity index (χ1v) is 7.09. The van der Waals surface area contributed by atoms with E-state index < -0.39 is 10.8 Å². The third-order valence-electron chi connectivity index (χ3n) is 2.83. The van der Waals surface area contributed by atoms with Crippen molar-refractivity contribution in [1.29, 1.82) is 0 Å². The summed E-state index contributed by atoms with van der Waals surface area (Å²) in [5.41, 5.74) is 2.27. The van der Waals surface area contributed by atoms with Gasteiger partial charge in [-0.1, -0.05) is 12.1 Å². The Kier molecular flexibility index (Phi) is 6.29. The summed E-state index contributed by atoms with van der Waals surface area (Å²) >= 11 is 0. The molecule has 0 fully saturated rings. The van der Waals surface area contributed by atoms with Crippen molar-refractivity contribution in [2.45, 2.75) is 0 Å².